The van der Waals surface area contributed by atoms with Crippen LogP contribution in [0.25, 0.3) is 0 Å². The average Bonchev–Trinajstić information content (AvgIpc) is 2.74. The van der Waals surface area contributed by atoms with Crippen LogP contribution in [-0.4, -0.2) is 23.0 Å². The third-order valence-electron chi connectivity index (χ3n) is 5.85. The van der Waals surface area contributed by atoms with Gasteiger partial charge in [-0.25, -0.2) is 4.79 Å². The normalized spacial score (nSPS) is 14.8. The second kappa shape index (κ2) is 10.3. The Morgan fingerprint density at radius 3 is 2.36 bits per heavy atom. The van der Waals surface area contributed by atoms with Crippen LogP contribution < -0.4 is 9.64 Å². The van der Waals surface area contributed by atoms with Gasteiger partial charge in [-0.05, 0) is 62.9 Å². The lowest BCUT2D eigenvalue weighted by molar-refractivity contribution is -0.138. The summed E-state index contributed by atoms with van der Waals surface area (Å²) in [6.07, 6.45) is 1.03. The van der Waals surface area contributed by atoms with Gasteiger partial charge >= 0.3 is 12.1 Å². The van der Waals surface area contributed by atoms with Crippen molar-refractivity contribution in [2.75, 3.05) is 4.90 Å². The molecule has 8 heteroatoms. The molecular weight excluding hydrogens is 435 g/mol. The number of hydrogen-bond donors (Lipinski definition) is 1. The van der Waals surface area contributed by atoms with Gasteiger partial charge in [0.05, 0.1) is 16.8 Å². The highest BCUT2D eigenvalue weighted by Gasteiger charge is 2.34. The number of amides is 1. The number of rotatable bonds is 7. The number of carboxylic acid groups (broad SMARTS) is 1. The number of carbonyl (C=O) groups excluding carboxylic acids is 1. The summed E-state index contributed by atoms with van der Waals surface area (Å²) in [7, 11) is 0. The highest BCUT2D eigenvalue weighted by atomic mass is 19.4. The maximum atomic E-state index is 13.3. The molecule has 33 heavy (non-hydrogen) atoms. The maximum Gasteiger partial charge on any atom is 0.419 e. The Hall–Kier alpha value is -3.03. The lowest BCUT2D eigenvalue weighted by Gasteiger charge is -2.31. The molecule has 0 heterocycles. The van der Waals surface area contributed by atoms with Crippen LogP contribution in [0.5, 0.6) is 11.5 Å². The van der Waals surface area contributed by atoms with Crippen molar-refractivity contribution in [3.63, 3.8) is 0 Å². The topological polar surface area (TPSA) is 66.8 Å². The molecule has 0 aromatic heterocycles. The van der Waals surface area contributed by atoms with Crippen molar-refractivity contribution in [3.8, 4) is 11.5 Å². The molecule has 2 aromatic carbocycles. The minimum atomic E-state index is -4.62. The Labute approximate surface area is 191 Å². The maximum absolute atomic E-state index is 13.3. The van der Waals surface area contributed by atoms with Crippen LogP contribution in [0.4, 0.5) is 18.9 Å². The lowest BCUT2D eigenvalue weighted by atomic mass is 9.86. The smallest absolute Gasteiger partial charge is 0.419 e. The molecule has 3 rings (SSSR count). The van der Waals surface area contributed by atoms with Crippen LogP contribution in [-0.2, 0) is 11.0 Å². The van der Waals surface area contributed by atoms with Crippen molar-refractivity contribution >= 4 is 17.6 Å². The molecule has 0 radical (unpaired) electrons. The quantitative estimate of drug-likeness (QED) is 0.485. The van der Waals surface area contributed by atoms with Crippen LogP contribution in [0.2, 0.25) is 0 Å². The van der Waals surface area contributed by atoms with E-state index in [0.29, 0.717) is 6.42 Å². The number of halogens is 3. The number of anilines is 1. The second-order valence-electron chi connectivity index (χ2n) is 8.65. The molecule has 1 N–H and O–H groups in total. The van der Waals surface area contributed by atoms with Crippen molar-refractivity contribution in [3.05, 3.63) is 53.6 Å². The van der Waals surface area contributed by atoms with Crippen LogP contribution >= 0.6 is 0 Å². The molecule has 2 aromatic rings. The van der Waals surface area contributed by atoms with E-state index in [-0.39, 0.29) is 34.9 Å². The lowest BCUT2D eigenvalue weighted by Crippen LogP contribution is -2.39. The summed E-state index contributed by atoms with van der Waals surface area (Å²) in [6.45, 7) is 3.60. The number of ether oxygens (including phenoxy) is 1. The van der Waals surface area contributed by atoms with Crippen molar-refractivity contribution < 1.29 is 32.6 Å². The minimum absolute atomic E-state index is 0.0590. The molecule has 1 fully saturated rings. The first-order valence-electron chi connectivity index (χ1n) is 11.1. The predicted molar refractivity (Wildman–Crippen MR) is 119 cm³/mol. The van der Waals surface area contributed by atoms with Gasteiger partial charge in [-0.15, -0.1) is 0 Å². The second-order valence-corrected chi connectivity index (χ2v) is 8.65. The highest BCUT2D eigenvalue weighted by Crippen LogP contribution is 2.39. The average molecular weight is 463 g/mol. The molecule has 0 unspecified atom stereocenters. The van der Waals surface area contributed by atoms with E-state index in [9.17, 15) is 27.9 Å². The fourth-order valence-corrected chi connectivity index (χ4v) is 4.31. The molecule has 1 saturated carbocycles. The third-order valence-corrected chi connectivity index (χ3v) is 5.85. The van der Waals surface area contributed by atoms with Gasteiger partial charge in [-0.1, -0.05) is 31.4 Å². The van der Waals surface area contributed by atoms with Crippen LogP contribution in [0, 0.1) is 5.92 Å². The first kappa shape index (κ1) is 24.6. The minimum Gasteiger partial charge on any atom is -0.478 e. The molecule has 1 aliphatic rings. The SMILES string of the molecule is CC(C)N(C(=O)CC1CCCCC1)c1ccc(Oc2ccccc2C(F)(F)F)cc1C(=O)O. The van der Waals surface area contributed by atoms with Gasteiger partial charge in [-0.3, -0.25) is 4.79 Å². The van der Waals surface area contributed by atoms with E-state index in [4.69, 9.17) is 4.74 Å². The number of nitrogens with zero attached hydrogens (tertiary/aromatic N) is 1. The Morgan fingerprint density at radius 2 is 1.76 bits per heavy atom. The first-order valence-corrected chi connectivity index (χ1v) is 11.1. The molecule has 1 aliphatic carbocycles. The molecule has 0 atom stereocenters. The van der Waals surface area contributed by atoms with E-state index in [0.717, 1.165) is 37.8 Å². The van der Waals surface area contributed by atoms with Gasteiger partial charge in [-0.2, -0.15) is 13.2 Å². The number of carboxylic acids is 1. The van der Waals surface area contributed by atoms with Crippen LogP contribution in [0.1, 0.15) is 68.3 Å². The van der Waals surface area contributed by atoms with Crippen molar-refractivity contribution in [2.24, 2.45) is 5.92 Å². The zero-order valence-corrected chi connectivity index (χ0v) is 18.7. The van der Waals surface area contributed by atoms with Gasteiger partial charge in [0, 0.05) is 12.5 Å². The van der Waals surface area contributed by atoms with Gasteiger partial charge in [0.2, 0.25) is 5.91 Å². The third kappa shape index (κ3) is 6.06. The van der Waals surface area contributed by atoms with E-state index in [1.807, 2.05) is 0 Å². The summed E-state index contributed by atoms with van der Waals surface area (Å²) in [5.41, 5.74) is -0.963. The van der Waals surface area contributed by atoms with Gasteiger partial charge < -0.3 is 14.7 Å². The van der Waals surface area contributed by atoms with Crippen LogP contribution in [0.15, 0.2) is 42.5 Å². The Morgan fingerprint density at radius 1 is 1.09 bits per heavy atom. The summed E-state index contributed by atoms with van der Waals surface area (Å²) >= 11 is 0. The Balaban J connectivity index is 1.92. The van der Waals surface area contributed by atoms with E-state index in [2.05, 4.69) is 0 Å². The zero-order chi connectivity index (χ0) is 24.2. The monoisotopic (exact) mass is 463 g/mol. The molecule has 0 aliphatic heterocycles. The fraction of sp³-hybridized carbons (Fsp3) is 0.440. The standard InChI is InChI=1S/C25H28F3NO4/c1-16(2)29(23(30)14-17-8-4-3-5-9-17)21-13-12-18(15-19(21)24(31)32)33-22-11-7-6-10-20(22)25(26,27)28/h6-7,10-13,15-17H,3-5,8-9,14H2,1-2H3,(H,31,32). The zero-order valence-electron chi connectivity index (χ0n) is 18.7. The van der Waals surface area contributed by atoms with E-state index >= 15 is 0 Å². The Bertz CT molecular complexity index is 997. The number of alkyl halides is 3. The number of aromatic carboxylic acids is 1. The first-order chi connectivity index (χ1) is 15.6. The fourth-order valence-electron chi connectivity index (χ4n) is 4.31. The molecule has 178 valence electrons. The van der Waals surface area contributed by atoms with Gasteiger partial charge in [0.15, 0.2) is 0 Å². The molecule has 0 spiro atoms. The van der Waals surface area contributed by atoms with Crippen LogP contribution in [0.3, 0.4) is 0 Å². The number of para-hydroxylation sites is 1. The predicted octanol–water partition coefficient (Wildman–Crippen LogP) is 6.91. The molecule has 5 nitrogen and oxygen atoms in total. The number of carbonyl (C=O) groups is 2. The van der Waals surface area contributed by atoms with Gasteiger partial charge in [0.1, 0.15) is 11.5 Å². The molecule has 0 bridgehead atoms. The Kier molecular flexibility index (Phi) is 7.66. The van der Waals surface area contributed by atoms with Gasteiger partial charge in [0.25, 0.3) is 0 Å². The van der Waals surface area contributed by atoms with E-state index in [1.54, 1.807) is 13.8 Å². The number of hydrogen-bond acceptors (Lipinski definition) is 3. The summed E-state index contributed by atoms with van der Waals surface area (Å²) in [5, 5.41) is 9.80. The highest BCUT2D eigenvalue weighted by molar-refractivity contribution is 6.02. The van der Waals surface area contributed by atoms with E-state index in [1.165, 1.54) is 41.7 Å². The largest absolute Gasteiger partial charge is 0.478 e. The van der Waals surface area contributed by atoms with Crippen molar-refractivity contribution in [1.29, 1.82) is 0 Å². The summed E-state index contributed by atoms with van der Waals surface area (Å²) in [5.74, 6) is -1.66. The number of benzene rings is 2. The molecule has 0 saturated heterocycles. The summed E-state index contributed by atoms with van der Waals surface area (Å²) in [6, 6.07) is 8.40. The summed E-state index contributed by atoms with van der Waals surface area (Å²) < 4.78 is 45.3. The van der Waals surface area contributed by atoms with E-state index < -0.39 is 23.5 Å². The molecular formula is C25H28F3NO4. The van der Waals surface area contributed by atoms with Crippen molar-refractivity contribution in [2.45, 2.75) is 64.6 Å². The summed E-state index contributed by atoms with van der Waals surface area (Å²) in [4.78, 5) is 26.6. The van der Waals surface area contributed by atoms with Crippen molar-refractivity contribution in [1.82, 2.24) is 0 Å². The molecule has 1 amide bonds.